The quantitative estimate of drug-likeness (QED) is 0.775. The van der Waals surface area contributed by atoms with E-state index in [2.05, 4.69) is 16.0 Å². The summed E-state index contributed by atoms with van der Waals surface area (Å²) in [4.78, 5) is 8.67. The van der Waals surface area contributed by atoms with Crippen LogP contribution in [0.1, 0.15) is 11.3 Å². The van der Waals surface area contributed by atoms with E-state index in [9.17, 15) is 0 Å². The maximum absolute atomic E-state index is 5.94. The first-order valence-electron chi connectivity index (χ1n) is 5.97. The summed E-state index contributed by atoms with van der Waals surface area (Å²) in [6.45, 7) is 0. The Hall–Kier alpha value is -2.13. The van der Waals surface area contributed by atoms with E-state index in [1.54, 1.807) is 6.20 Å². The average Bonchev–Trinajstić information content (AvgIpc) is 2.43. The van der Waals surface area contributed by atoms with Gasteiger partial charge in [-0.05, 0) is 18.2 Å². The van der Waals surface area contributed by atoms with Gasteiger partial charge in [0.2, 0.25) is 0 Å². The number of hydrogen-bond acceptors (Lipinski definition) is 3. The van der Waals surface area contributed by atoms with Gasteiger partial charge in [0, 0.05) is 29.3 Å². The molecule has 0 atom stereocenters. The van der Waals surface area contributed by atoms with E-state index < -0.39 is 0 Å². The molecule has 2 heterocycles. The van der Waals surface area contributed by atoms with Crippen molar-refractivity contribution in [2.75, 3.05) is 5.73 Å². The Labute approximate surface area is 116 Å². The summed E-state index contributed by atoms with van der Waals surface area (Å²) < 4.78 is 0. The van der Waals surface area contributed by atoms with Crippen LogP contribution in [-0.2, 0) is 6.42 Å². The Morgan fingerprint density at radius 1 is 1.11 bits per heavy atom. The second-order valence-corrected chi connectivity index (χ2v) is 4.81. The Balaban J connectivity index is 1.98. The number of nitrogen functional groups attached to an aromatic ring is 1. The number of para-hydroxylation sites is 1. The lowest BCUT2D eigenvalue weighted by Gasteiger charge is -2.06. The van der Waals surface area contributed by atoms with Crippen LogP contribution in [0.2, 0.25) is 5.02 Å². The van der Waals surface area contributed by atoms with Gasteiger partial charge in [-0.3, -0.25) is 4.98 Å². The predicted molar refractivity (Wildman–Crippen MR) is 78.2 cm³/mol. The predicted octanol–water partition coefficient (Wildman–Crippen LogP) is 3.46. The average molecular weight is 270 g/mol. The standard InChI is InChI=1S/C15H12ClN3/c16-12-7-11(15(17)18-9-12)8-13-6-5-10-3-1-2-4-14(10)19-13/h1-7,9H,8H2,(H2,17,18). The maximum Gasteiger partial charge on any atom is 0.127 e. The van der Waals surface area contributed by atoms with Crippen LogP contribution in [0.15, 0.2) is 48.7 Å². The third-order valence-electron chi connectivity index (χ3n) is 3.00. The molecule has 0 radical (unpaired) electrons. The number of halogens is 1. The number of hydrogen-bond donors (Lipinski definition) is 1. The van der Waals surface area contributed by atoms with E-state index in [0.29, 0.717) is 17.3 Å². The summed E-state index contributed by atoms with van der Waals surface area (Å²) >= 11 is 5.94. The first-order valence-corrected chi connectivity index (χ1v) is 6.35. The molecule has 3 aromatic rings. The number of benzene rings is 1. The molecule has 94 valence electrons. The number of anilines is 1. The highest BCUT2D eigenvalue weighted by Crippen LogP contribution is 2.19. The van der Waals surface area contributed by atoms with E-state index in [1.807, 2.05) is 36.4 Å². The van der Waals surface area contributed by atoms with E-state index >= 15 is 0 Å². The molecule has 2 N–H and O–H groups in total. The van der Waals surface area contributed by atoms with Crippen molar-refractivity contribution in [3.63, 3.8) is 0 Å². The molecule has 2 aromatic heterocycles. The zero-order chi connectivity index (χ0) is 13.2. The van der Waals surface area contributed by atoms with E-state index in [-0.39, 0.29) is 0 Å². The van der Waals surface area contributed by atoms with E-state index in [4.69, 9.17) is 17.3 Å². The molecule has 0 unspecified atom stereocenters. The fourth-order valence-corrected chi connectivity index (χ4v) is 2.22. The van der Waals surface area contributed by atoms with Crippen LogP contribution in [0.5, 0.6) is 0 Å². The van der Waals surface area contributed by atoms with Gasteiger partial charge in [-0.15, -0.1) is 0 Å². The van der Waals surface area contributed by atoms with Crippen LogP contribution in [-0.4, -0.2) is 9.97 Å². The molecule has 0 spiro atoms. The summed E-state index contributed by atoms with van der Waals surface area (Å²) in [5, 5.41) is 1.72. The van der Waals surface area contributed by atoms with Gasteiger partial charge in [0.15, 0.2) is 0 Å². The van der Waals surface area contributed by atoms with Crippen LogP contribution < -0.4 is 5.73 Å². The Bertz CT molecular complexity index is 740. The van der Waals surface area contributed by atoms with Gasteiger partial charge < -0.3 is 5.73 Å². The van der Waals surface area contributed by atoms with Crippen molar-refractivity contribution in [1.29, 1.82) is 0 Å². The van der Waals surface area contributed by atoms with Crippen LogP contribution >= 0.6 is 11.6 Å². The molecule has 1 aromatic carbocycles. The van der Waals surface area contributed by atoms with Gasteiger partial charge in [-0.25, -0.2) is 4.98 Å². The first-order chi connectivity index (χ1) is 9.22. The second-order valence-electron chi connectivity index (χ2n) is 4.37. The Kier molecular flexibility index (Phi) is 3.05. The molecule has 0 aliphatic heterocycles. The molecule has 3 nitrogen and oxygen atoms in total. The van der Waals surface area contributed by atoms with Crippen LogP contribution in [0.4, 0.5) is 5.82 Å². The fraction of sp³-hybridized carbons (Fsp3) is 0.0667. The summed E-state index contributed by atoms with van der Waals surface area (Å²) in [6, 6.07) is 13.9. The molecule has 0 saturated carbocycles. The number of nitrogens with zero attached hydrogens (tertiary/aromatic N) is 2. The maximum atomic E-state index is 5.94. The molecule has 19 heavy (non-hydrogen) atoms. The van der Waals surface area contributed by atoms with Crippen LogP contribution in [0.3, 0.4) is 0 Å². The van der Waals surface area contributed by atoms with Gasteiger partial charge in [-0.1, -0.05) is 35.9 Å². The van der Waals surface area contributed by atoms with E-state index in [0.717, 1.165) is 22.2 Å². The SMILES string of the molecule is Nc1ncc(Cl)cc1Cc1ccc2ccccc2n1. The van der Waals surface area contributed by atoms with Crippen molar-refractivity contribution in [3.8, 4) is 0 Å². The monoisotopic (exact) mass is 269 g/mol. The first kappa shape index (κ1) is 11.9. The molecule has 0 saturated heterocycles. The molecule has 0 amide bonds. The summed E-state index contributed by atoms with van der Waals surface area (Å²) in [5.41, 5.74) is 8.68. The van der Waals surface area contributed by atoms with Crippen molar-refractivity contribution >= 4 is 28.3 Å². The molecule has 0 fully saturated rings. The zero-order valence-electron chi connectivity index (χ0n) is 10.2. The third-order valence-corrected chi connectivity index (χ3v) is 3.20. The largest absolute Gasteiger partial charge is 0.383 e. The topological polar surface area (TPSA) is 51.8 Å². The minimum atomic E-state index is 0.499. The highest BCUT2D eigenvalue weighted by Gasteiger charge is 2.05. The molecule has 3 rings (SSSR count). The highest BCUT2D eigenvalue weighted by atomic mass is 35.5. The molecule has 0 aliphatic rings. The minimum Gasteiger partial charge on any atom is -0.383 e. The summed E-state index contributed by atoms with van der Waals surface area (Å²) in [7, 11) is 0. The number of fused-ring (bicyclic) bond motifs is 1. The van der Waals surface area contributed by atoms with Crippen LogP contribution in [0, 0.1) is 0 Å². The smallest absolute Gasteiger partial charge is 0.127 e. The normalized spacial score (nSPS) is 10.8. The Morgan fingerprint density at radius 3 is 2.84 bits per heavy atom. The number of aromatic nitrogens is 2. The van der Waals surface area contributed by atoms with Crippen molar-refractivity contribution < 1.29 is 0 Å². The lowest BCUT2D eigenvalue weighted by atomic mass is 10.1. The highest BCUT2D eigenvalue weighted by molar-refractivity contribution is 6.30. The van der Waals surface area contributed by atoms with Crippen molar-refractivity contribution in [1.82, 2.24) is 9.97 Å². The zero-order valence-corrected chi connectivity index (χ0v) is 10.9. The second kappa shape index (κ2) is 4.86. The van der Waals surface area contributed by atoms with E-state index in [1.165, 1.54) is 0 Å². The summed E-state index contributed by atoms with van der Waals surface area (Å²) in [6.07, 6.45) is 2.18. The van der Waals surface area contributed by atoms with Gasteiger partial charge >= 0.3 is 0 Å². The number of rotatable bonds is 2. The van der Waals surface area contributed by atoms with Crippen LogP contribution in [0.25, 0.3) is 10.9 Å². The fourth-order valence-electron chi connectivity index (χ4n) is 2.04. The third kappa shape index (κ3) is 2.51. The summed E-state index contributed by atoms with van der Waals surface area (Å²) in [5.74, 6) is 0.499. The van der Waals surface area contributed by atoms with Crippen molar-refractivity contribution in [2.45, 2.75) is 6.42 Å². The molecule has 0 aliphatic carbocycles. The molecule has 4 heteroatoms. The molecular weight excluding hydrogens is 258 g/mol. The molecule has 0 bridgehead atoms. The minimum absolute atomic E-state index is 0.499. The van der Waals surface area contributed by atoms with Gasteiger partial charge in [0.1, 0.15) is 5.82 Å². The van der Waals surface area contributed by atoms with Crippen molar-refractivity contribution in [2.24, 2.45) is 0 Å². The lowest BCUT2D eigenvalue weighted by Crippen LogP contribution is -2.00. The Morgan fingerprint density at radius 2 is 1.95 bits per heavy atom. The van der Waals surface area contributed by atoms with Gasteiger partial charge in [0.25, 0.3) is 0 Å². The number of pyridine rings is 2. The van der Waals surface area contributed by atoms with Gasteiger partial charge in [0.05, 0.1) is 10.5 Å². The van der Waals surface area contributed by atoms with Crippen molar-refractivity contribution in [3.05, 3.63) is 64.9 Å². The lowest BCUT2D eigenvalue weighted by molar-refractivity contribution is 1.08. The number of nitrogens with two attached hydrogens (primary N) is 1. The molecular formula is C15H12ClN3. The van der Waals surface area contributed by atoms with Gasteiger partial charge in [-0.2, -0.15) is 0 Å².